The van der Waals surface area contributed by atoms with Crippen molar-refractivity contribution in [2.24, 2.45) is 5.92 Å². The zero-order valence-corrected chi connectivity index (χ0v) is 10.3. The van der Waals surface area contributed by atoms with Gasteiger partial charge in [-0.25, -0.2) is 4.79 Å². The van der Waals surface area contributed by atoms with Crippen molar-refractivity contribution in [1.82, 2.24) is 10.8 Å². The van der Waals surface area contributed by atoms with Gasteiger partial charge in [0.15, 0.2) is 0 Å². The SMILES string of the molecule is CC(C)(C)OC(=O)NOCC1CCCNC1. The summed E-state index contributed by atoms with van der Waals surface area (Å²) < 4.78 is 5.04. The van der Waals surface area contributed by atoms with Crippen LogP contribution in [0.1, 0.15) is 33.6 Å². The van der Waals surface area contributed by atoms with Gasteiger partial charge in [-0.2, -0.15) is 5.48 Å². The summed E-state index contributed by atoms with van der Waals surface area (Å²) >= 11 is 0. The van der Waals surface area contributed by atoms with Crippen LogP contribution in [0, 0.1) is 5.92 Å². The van der Waals surface area contributed by atoms with E-state index in [1.165, 1.54) is 6.42 Å². The van der Waals surface area contributed by atoms with Crippen molar-refractivity contribution in [1.29, 1.82) is 0 Å². The van der Waals surface area contributed by atoms with Crippen molar-refractivity contribution in [2.45, 2.75) is 39.2 Å². The number of hydrogen-bond acceptors (Lipinski definition) is 4. The molecule has 5 heteroatoms. The number of carbonyl (C=O) groups excluding carboxylic acids is 1. The molecule has 0 aromatic heterocycles. The smallest absolute Gasteiger partial charge is 0.431 e. The lowest BCUT2D eigenvalue weighted by Gasteiger charge is -2.23. The second-order valence-corrected chi connectivity index (χ2v) is 5.13. The Balaban J connectivity index is 2.08. The molecule has 94 valence electrons. The van der Waals surface area contributed by atoms with Crippen molar-refractivity contribution in [2.75, 3.05) is 19.7 Å². The highest BCUT2D eigenvalue weighted by atomic mass is 16.7. The molecule has 1 aliphatic rings. The van der Waals surface area contributed by atoms with Crippen LogP contribution < -0.4 is 10.8 Å². The molecule has 1 aliphatic heterocycles. The minimum absolute atomic E-state index is 0.476. The Hall–Kier alpha value is -0.810. The van der Waals surface area contributed by atoms with E-state index in [2.05, 4.69) is 10.8 Å². The first-order valence-corrected chi connectivity index (χ1v) is 5.79. The molecule has 0 aromatic carbocycles. The van der Waals surface area contributed by atoms with Crippen molar-refractivity contribution >= 4 is 6.09 Å². The summed E-state index contributed by atoms with van der Waals surface area (Å²) in [5, 5.41) is 3.29. The third-order valence-corrected chi connectivity index (χ3v) is 2.27. The van der Waals surface area contributed by atoms with Crippen LogP contribution in [0.15, 0.2) is 0 Å². The van der Waals surface area contributed by atoms with E-state index >= 15 is 0 Å². The average molecular weight is 230 g/mol. The largest absolute Gasteiger partial charge is 0.442 e. The molecule has 1 amide bonds. The predicted octanol–water partition coefficient (Wildman–Crippen LogP) is 1.44. The summed E-state index contributed by atoms with van der Waals surface area (Å²) in [6.45, 7) is 8.02. The number of hydrogen-bond donors (Lipinski definition) is 2. The topological polar surface area (TPSA) is 59.6 Å². The summed E-state index contributed by atoms with van der Waals surface area (Å²) in [6.07, 6.45) is 1.78. The molecule has 1 heterocycles. The third kappa shape index (κ3) is 5.92. The normalized spacial score (nSPS) is 21.6. The molecular weight excluding hydrogens is 208 g/mol. The molecule has 0 saturated carbocycles. The van der Waals surface area contributed by atoms with E-state index in [0.29, 0.717) is 12.5 Å². The fourth-order valence-electron chi connectivity index (χ4n) is 1.58. The van der Waals surface area contributed by atoms with Crippen LogP contribution >= 0.6 is 0 Å². The second kappa shape index (κ2) is 6.06. The van der Waals surface area contributed by atoms with Crippen molar-refractivity contribution in [3.8, 4) is 0 Å². The van der Waals surface area contributed by atoms with E-state index in [1.54, 1.807) is 0 Å². The Morgan fingerprint density at radius 1 is 1.50 bits per heavy atom. The van der Waals surface area contributed by atoms with E-state index < -0.39 is 11.7 Å². The maximum atomic E-state index is 11.2. The monoisotopic (exact) mass is 230 g/mol. The number of nitrogens with one attached hydrogen (secondary N) is 2. The number of ether oxygens (including phenoxy) is 1. The zero-order chi connectivity index (χ0) is 12.0. The van der Waals surface area contributed by atoms with E-state index in [1.807, 2.05) is 20.8 Å². The van der Waals surface area contributed by atoms with Crippen LogP contribution in [0.25, 0.3) is 0 Å². The van der Waals surface area contributed by atoms with Gasteiger partial charge in [-0.15, -0.1) is 0 Å². The summed E-state index contributed by atoms with van der Waals surface area (Å²) in [5.74, 6) is 0.476. The molecule has 1 rings (SSSR count). The van der Waals surface area contributed by atoms with Gasteiger partial charge in [-0.1, -0.05) is 0 Å². The standard InChI is InChI=1S/C11H22N2O3/c1-11(2,3)16-10(14)13-15-8-9-5-4-6-12-7-9/h9,12H,4-8H2,1-3H3,(H,13,14). The summed E-state index contributed by atoms with van der Waals surface area (Å²) in [7, 11) is 0. The van der Waals surface area contributed by atoms with Crippen LogP contribution in [-0.2, 0) is 9.57 Å². The van der Waals surface area contributed by atoms with Crippen LogP contribution in [0.2, 0.25) is 0 Å². The van der Waals surface area contributed by atoms with Crippen LogP contribution in [-0.4, -0.2) is 31.4 Å². The molecule has 1 saturated heterocycles. The Bertz CT molecular complexity index is 220. The molecule has 5 nitrogen and oxygen atoms in total. The minimum atomic E-state index is -0.531. The average Bonchev–Trinajstić information content (AvgIpc) is 2.16. The molecular formula is C11H22N2O3. The summed E-state index contributed by atoms with van der Waals surface area (Å²) in [4.78, 5) is 16.3. The number of rotatable bonds is 3. The van der Waals surface area contributed by atoms with Gasteiger partial charge in [-0.3, -0.25) is 4.84 Å². The molecule has 0 bridgehead atoms. The fraction of sp³-hybridized carbons (Fsp3) is 0.909. The lowest BCUT2D eigenvalue weighted by molar-refractivity contribution is -0.0197. The molecule has 1 atom stereocenters. The highest BCUT2D eigenvalue weighted by Gasteiger charge is 2.17. The van der Waals surface area contributed by atoms with Gasteiger partial charge >= 0.3 is 6.09 Å². The van der Waals surface area contributed by atoms with Gasteiger partial charge in [0.1, 0.15) is 5.60 Å². The molecule has 1 fully saturated rings. The van der Waals surface area contributed by atoms with Gasteiger partial charge in [0.25, 0.3) is 0 Å². The second-order valence-electron chi connectivity index (χ2n) is 5.13. The highest BCUT2D eigenvalue weighted by molar-refractivity contribution is 5.66. The zero-order valence-electron chi connectivity index (χ0n) is 10.3. The first-order valence-electron chi connectivity index (χ1n) is 5.79. The van der Waals surface area contributed by atoms with Crippen molar-refractivity contribution < 1.29 is 14.4 Å². The summed E-state index contributed by atoms with van der Waals surface area (Å²) in [6, 6.07) is 0. The Morgan fingerprint density at radius 3 is 2.81 bits per heavy atom. The van der Waals surface area contributed by atoms with Gasteiger partial charge < -0.3 is 10.1 Å². The number of carbonyl (C=O) groups is 1. The highest BCUT2D eigenvalue weighted by Crippen LogP contribution is 2.10. The minimum Gasteiger partial charge on any atom is -0.442 e. The maximum absolute atomic E-state index is 11.2. The number of hydroxylamine groups is 1. The molecule has 2 N–H and O–H groups in total. The van der Waals surface area contributed by atoms with E-state index in [0.717, 1.165) is 19.5 Å². The third-order valence-electron chi connectivity index (χ3n) is 2.27. The van der Waals surface area contributed by atoms with Crippen molar-refractivity contribution in [3.05, 3.63) is 0 Å². The molecule has 1 unspecified atom stereocenters. The first kappa shape index (κ1) is 13.3. The quantitative estimate of drug-likeness (QED) is 0.720. The first-order chi connectivity index (χ1) is 7.47. The Kier molecular flexibility index (Phi) is 5.02. The molecule has 0 aliphatic carbocycles. The summed E-state index contributed by atoms with van der Waals surface area (Å²) in [5.41, 5.74) is 1.81. The van der Waals surface area contributed by atoms with E-state index in [4.69, 9.17) is 9.57 Å². The fourth-order valence-corrected chi connectivity index (χ4v) is 1.58. The lowest BCUT2D eigenvalue weighted by atomic mass is 10.0. The Morgan fingerprint density at radius 2 is 2.25 bits per heavy atom. The van der Waals surface area contributed by atoms with E-state index in [-0.39, 0.29) is 0 Å². The lowest BCUT2D eigenvalue weighted by Crippen LogP contribution is -2.37. The van der Waals surface area contributed by atoms with Gasteiger partial charge in [0, 0.05) is 6.54 Å². The molecule has 0 radical (unpaired) electrons. The van der Waals surface area contributed by atoms with Gasteiger partial charge in [-0.05, 0) is 46.1 Å². The van der Waals surface area contributed by atoms with Crippen molar-refractivity contribution in [3.63, 3.8) is 0 Å². The molecule has 16 heavy (non-hydrogen) atoms. The van der Waals surface area contributed by atoms with Gasteiger partial charge in [0.2, 0.25) is 0 Å². The van der Waals surface area contributed by atoms with Crippen LogP contribution in [0.5, 0.6) is 0 Å². The number of piperidine rings is 1. The molecule has 0 aromatic rings. The molecule has 0 spiro atoms. The maximum Gasteiger partial charge on any atom is 0.431 e. The van der Waals surface area contributed by atoms with Crippen LogP contribution in [0.4, 0.5) is 4.79 Å². The predicted molar refractivity (Wildman–Crippen MR) is 60.9 cm³/mol. The number of amides is 1. The Labute approximate surface area is 96.8 Å². The van der Waals surface area contributed by atoms with E-state index in [9.17, 15) is 4.79 Å². The van der Waals surface area contributed by atoms with Gasteiger partial charge in [0.05, 0.1) is 6.61 Å². The van der Waals surface area contributed by atoms with Crippen LogP contribution in [0.3, 0.4) is 0 Å².